The maximum Gasteiger partial charge on any atom is 0.336 e. The van der Waals surface area contributed by atoms with Crippen LogP contribution in [-0.4, -0.2) is 30.6 Å². The van der Waals surface area contributed by atoms with Crippen LogP contribution in [-0.2, 0) is 10.0 Å². The third-order valence-corrected chi connectivity index (χ3v) is 3.99. The summed E-state index contributed by atoms with van der Waals surface area (Å²) in [6.07, 6.45) is 1.18. The number of hydrazone groups is 1. The molecule has 2 aromatic rings. The Labute approximate surface area is 141 Å². The van der Waals surface area contributed by atoms with Gasteiger partial charge < -0.3 is 5.11 Å². The van der Waals surface area contributed by atoms with Gasteiger partial charge in [0.1, 0.15) is 5.69 Å². The number of nitro groups is 1. The van der Waals surface area contributed by atoms with E-state index >= 15 is 0 Å². The lowest BCUT2D eigenvalue weighted by Gasteiger charge is -2.04. The molecule has 0 radical (unpaired) electrons. The molecule has 10 nitrogen and oxygen atoms in total. The second-order valence-corrected chi connectivity index (χ2v) is 6.30. The zero-order valence-corrected chi connectivity index (χ0v) is 13.3. The Balaban J connectivity index is 2.32. The van der Waals surface area contributed by atoms with E-state index in [1.165, 1.54) is 18.3 Å². The van der Waals surface area contributed by atoms with Crippen molar-refractivity contribution < 1.29 is 23.2 Å². The molecule has 0 heterocycles. The Bertz CT molecular complexity index is 971. The number of carboxylic acids is 1. The molecular formula is C14H12N4O6S. The average molecular weight is 364 g/mol. The smallest absolute Gasteiger partial charge is 0.336 e. The number of anilines is 1. The molecule has 0 saturated carbocycles. The fraction of sp³-hybridized carbons (Fsp3) is 0. The number of sulfonamides is 1. The lowest BCUT2D eigenvalue weighted by Crippen LogP contribution is -2.12. The summed E-state index contributed by atoms with van der Waals surface area (Å²) in [6, 6.07) is 9.07. The van der Waals surface area contributed by atoms with E-state index in [9.17, 15) is 23.3 Å². The molecule has 0 aromatic heterocycles. The minimum absolute atomic E-state index is 0.00660. The van der Waals surface area contributed by atoms with Gasteiger partial charge in [-0.2, -0.15) is 5.10 Å². The van der Waals surface area contributed by atoms with E-state index in [4.69, 9.17) is 10.2 Å². The number of nitrogens with zero attached hydrogens (tertiary/aromatic N) is 2. The molecule has 0 amide bonds. The fourth-order valence-corrected chi connectivity index (χ4v) is 2.44. The van der Waals surface area contributed by atoms with E-state index in [-0.39, 0.29) is 16.8 Å². The normalized spacial score (nSPS) is 11.4. The lowest BCUT2D eigenvalue weighted by atomic mass is 10.1. The Hall–Kier alpha value is -3.31. The van der Waals surface area contributed by atoms with E-state index in [1.54, 1.807) is 12.1 Å². The molecule has 130 valence electrons. The summed E-state index contributed by atoms with van der Waals surface area (Å²) in [5, 5.41) is 28.9. The number of carboxylic acid groups (broad SMARTS) is 1. The minimum atomic E-state index is -4.09. The van der Waals surface area contributed by atoms with E-state index in [2.05, 4.69) is 10.5 Å². The van der Waals surface area contributed by atoms with Crippen LogP contribution < -0.4 is 10.6 Å². The number of nitrogens with one attached hydrogen (secondary N) is 1. The number of hydrogen-bond donors (Lipinski definition) is 3. The first-order chi connectivity index (χ1) is 11.7. The molecule has 4 N–H and O–H groups in total. The second kappa shape index (κ2) is 7.07. The van der Waals surface area contributed by atoms with Crippen molar-refractivity contribution in [1.82, 2.24) is 0 Å². The van der Waals surface area contributed by atoms with Crippen LogP contribution in [0, 0.1) is 10.1 Å². The van der Waals surface area contributed by atoms with Gasteiger partial charge in [0.2, 0.25) is 10.0 Å². The first kappa shape index (κ1) is 18.0. The summed E-state index contributed by atoms with van der Waals surface area (Å²) in [4.78, 5) is 21.0. The van der Waals surface area contributed by atoms with Crippen LogP contribution in [0.25, 0.3) is 0 Å². The Kier molecular flexibility index (Phi) is 5.10. The van der Waals surface area contributed by atoms with Gasteiger partial charge in [-0.3, -0.25) is 15.5 Å². The van der Waals surface area contributed by atoms with Crippen molar-refractivity contribution in [2.24, 2.45) is 10.2 Å². The highest BCUT2D eigenvalue weighted by Gasteiger charge is 2.18. The molecule has 0 bridgehead atoms. The molecule has 0 unspecified atom stereocenters. The standard InChI is InChI=1S/C14H12N4O6S/c15-25(23,24)10-5-6-12(13(7-10)18(21)22)17-16-8-9-3-1-2-4-11(9)14(19)20/h1-8,17H,(H,19,20)(H2,15,23,24)/b16-8-. The van der Waals surface area contributed by atoms with Gasteiger partial charge in [-0.1, -0.05) is 18.2 Å². The van der Waals surface area contributed by atoms with Crippen molar-refractivity contribution >= 4 is 33.6 Å². The summed E-state index contributed by atoms with van der Waals surface area (Å²) in [7, 11) is -4.09. The van der Waals surface area contributed by atoms with Crippen LogP contribution in [0.2, 0.25) is 0 Å². The highest BCUT2D eigenvalue weighted by molar-refractivity contribution is 7.89. The van der Waals surface area contributed by atoms with Gasteiger partial charge in [0.15, 0.2) is 0 Å². The van der Waals surface area contributed by atoms with Crippen LogP contribution in [0.5, 0.6) is 0 Å². The largest absolute Gasteiger partial charge is 0.478 e. The minimum Gasteiger partial charge on any atom is -0.478 e. The van der Waals surface area contributed by atoms with E-state index in [0.29, 0.717) is 0 Å². The third kappa shape index (κ3) is 4.37. The summed E-state index contributed by atoms with van der Waals surface area (Å²) >= 11 is 0. The molecule has 25 heavy (non-hydrogen) atoms. The number of aromatic carboxylic acids is 1. The molecule has 0 atom stereocenters. The van der Waals surface area contributed by atoms with Crippen LogP contribution >= 0.6 is 0 Å². The second-order valence-electron chi connectivity index (χ2n) is 4.74. The van der Waals surface area contributed by atoms with Gasteiger partial charge >= 0.3 is 5.97 Å². The average Bonchev–Trinajstić information content (AvgIpc) is 2.54. The fourth-order valence-electron chi connectivity index (χ4n) is 1.91. The first-order valence-electron chi connectivity index (χ1n) is 6.63. The molecule has 0 saturated heterocycles. The van der Waals surface area contributed by atoms with E-state index < -0.39 is 31.5 Å². The summed E-state index contributed by atoms with van der Waals surface area (Å²) in [5.41, 5.74) is 2.05. The van der Waals surface area contributed by atoms with Gasteiger partial charge in [0.05, 0.1) is 21.6 Å². The van der Waals surface area contributed by atoms with Crippen LogP contribution in [0.15, 0.2) is 52.5 Å². The van der Waals surface area contributed by atoms with Gasteiger partial charge in [0, 0.05) is 11.6 Å². The maximum absolute atomic E-state index is 11.3. The zero-order chi connectivity index (χ0) is 18.6. The van der Waals surface area contributed by atoms with Crippen LogP contribution in [0.3, 0.4) is 0 Å². The molecule has 11 heteroatoms. The molecule has 0 fully saturated rings. The highest BCUT2D eigenvalue weighted by Crippen LogP contribution is 2.27. The quantitative estimate of drug-likeness (QED) is 0.395. The molecule has 0 aliphatic heterocycles. The number of primary sulfonamides is 1. The van der Waals surface area contributed by atoms with E-state index in [0.717, 1.165) is 18.2 Å². The number of carbonyl (C=O) groups is 1. The topological polar surface area (TPSA) is 165 Å². The van der Waals surface area contributed by atoms with Gasteiger partial charge in [-0.15, -0.1) is 0 Å². The van der Waals surface area contributed by atoms with Crippen molar-refractivity contribution in [3.8, 4) is 0 Å². The van der Waals surface area contributed by atoms with Crippen molar-refractivity contribution in [2.45, 2.75) is 4.90 Å². The molecular weight excluding hydrogens is 352 g/mol. The van der Waals surface area contributed by atoms with Crippen LogP contribution in [0.1, 0.15) is 15.9 Å². The number of benzene rings is 2. The number of nitro benzene ring substituents is 1. The third-order valence-electron chi connectivity index (χ3n) is 3.07. The molecule has 2 rings (SSSR count). The van der Waals surface area contributed by atoms with Crippen molar-refractivity contribution in [3.63, 3.8) is 0 Å². The molecule has 0 aliphatic rings. The number of nitrogens with two attached hydrogens (primary N) is 1. The first-order valence-corrected chi connectivity index (χ1v) is 8.17. The van der Waals surface area contributed by atoms with Crippen LogP contribution in [0.4, 0.5) is 11.4 Å². The molecule has 0 aliphatic carbocycles. The van der Waals surface area contributed by atoms with Crippen molar-refractivity contribution in [2.75, 3.05) is 5.43 Å². The summed E-state index contributed by atoms with van der Waals surface area (Å²) in [5.74, 6) is -1.15. The Morgan fingerprint density at radius 3 is 2.56 bits per heavy atom. The monoisotopic (exact) mass is 364 g/mol. The number of rotatable bonds is 6. The number of hydrogen-bond acceptors (Lipinski definition) is 7. The highest BCUT2D eigenvalue weighted by atomic mass is 32.2. The Morgan fingerprint density at radius 2 is 1.96 bits per heavy atom. The van der Waals surface area contributed by atoms with Crippen molar-refractivity contribution in [1.29, 1.82) is 0 Å². The van der Waals surface area contributed by atoms with E-state index in [1.807, 2.05) is 0 Å². The molecule has 2 aromatic carbocycles. The SMILES string of the molecule is NS(=O)(=O)c1ccc(N/N=C\c2ccccc2C(=O)O)c([N+](=O)[O-])c1. The Morgan fingerprint density at radius 1 is 1.28 bits per heavy atom. The zero-order valence-electron chi connectivity index (χ0n) is 12.5. The summed E-state index contributed by atoms with van der Waals surface area (Å²) < 4.78 is 22.5. The predicted molar refractivity (Wildman–Crippen MR) is 89.1 cm³/mol. The lowest BCUT2D eigenvalue weighted by molar-refractivity contribution is -0.384. The van der Waals surface area contributed by atoms with Gasteiger partial charge in [0.25, 0.3) is 5.69 Å². The molecule has 0 spiro atoms. The van der Waals surface area contributed by atoms with Crippen molar-refractivity contribution in [3.05, 3.63) is 63.7 Å². The predicted octanol–water partition coefficient (Wildman–Crippen LogP) is 1.39. The summed E-state index contributed by atoms with van der Waals surface area (Å²) in [6.45, 7) is 0. The van der Waals surface area contributed by atoms with Gasteiger partial charge in [-0.25, -0.2) is 18.4 Å². The maximum atomic E-state index is 11.3. The van der Waals surface area contributed by atoms with Gasteiger partial charge in [-0.05, 0) is 18.2 Å².